The van der Waals surface area contributed by atoms with Crippen LogP contribution in [0.3, 0.4) is 0 Å². The lowest BCUT2D eigenvalue weighted by Gasteiger charge is -2.33. The van der Waals surface area contributed by atoms with Crippen LogP contribution in [-0.4, -0.2) is 57.4 Å². The quantitative estimate of drug-likeness (QED) is 0.310. The van der Waals surface area contributed by atoms with Crippen molar-refractivity contribution >= 4 is 22.8 Å². The molecule has 1 aromatic carbocycles. The Balaban J connectivity index is 1.24. The highest BCUT2D eigenvalue weighted by Gasteiger charge is 2.42. The van der Waals surface area contributed by atoms with Gasteiger partial charge in [-0.3, -0.25) is 15.2 Å². The maximum atomic E-state index is 13.9. The maximum absolute atomic E-state index is 13.9. The van der Waals surface area contributed by atoms with E-state index in [2.05, 4.69) is 31.1 Å². The Morgan fingerprint density at radius 1 is 1.16 bits per heavy atom. The fraction of sp³-hybridized carbons (Fsp3) is 0.357. The number of imidazole rings is 1. The van der Waals surface area contributed by atoms with Gasteiger partial charge in [-0.15, -0.1) is 0 Å². The number of benzene rings is 1. The molecule has 0 bridgehead atoms. The molecule has 2 aliphatic rings. The number of carbonyl (C=O) groups is 1. The molecule has 4 N–H and O–H groups in total. The highest BCUT2D eigenvalue weighted by Crippen LogP contribution is 2.44. The Kier molecular flexibility index (Phi) is 6.61. The summed E-state index contributed by atoms with van der Waals surface area (Å²) in [7, 11) is 3.74. The van der Waals surface area contributed by atoms with Gasteiger partial charge in [0.05, 0.1) is 30.0 Å². The lowest BCUT2D eigenvalue weighted by atomic mass is 9.73. The summed E-state index contributed by atoms with van der Waals surface area (Å²) in [6, 6.07) is 10.8. The molecular formula is C28H31FN8O. The van der Waals surface area contributed by atoms with Crippen molar-refractivity contribution in [1.29, 1.82) is 0 Å². The first-order chi connectivity index (χ1) is 18.4. The van der Waals surface area contributed by atoms with Gasteiger partial charge in [-0.25, -0.2) is 19.8 Å². The SMILES string of the molecule is CN(C)CC(=O)Nc1cncc(C2CCC3NNC(c4nc5nccc(-c6cccc(F)c6)c5[nH]4)C3C2)c1. The third kappa shape index (κ3) is 4.90. The molecule has 1 aliphatic carbocycles. The summed E-state index contributed by atoms with van der Waals surface area (Å²) in [4.78, 5) is 31.3. The molecule has 1 saturated heterocycles. The molecule has 9 nitrogen and oxygen atoms in total. The molecule has 4 heterocycles. The molecule has 4 unspecified atom stereocenters. The Morgan fingerprint density at radius 2 is 2.05 bits per heavy atom. The maximum Gasteiger partial charge on any atom is 0.238 e. The fourth-order valence-corrected chi connectivity index (χ4v) is 5.84. The average molecular weight is 515 g/mol. The summed E-state index contributed by atoms with van der Waals surface area (Å²) in [5.41, 5.74) is 11.9. The smallest absolute Gasteiger partial charge is 0.238 e. The standard InChI is InChI=1S/C28H31FN8O/c1-37(2)15-24(38)32-20-11-18(13-30-14-20)16-6-7-23-22(12-16)26(36-35-23)28-33-25-21(8-9-31-27(25)34-28)17-4-3-5-19(29)10-17/h3-5,8-11,13-14,16,22-23,26,35-36H,6-7,12,15H2,1-2H3,(H,32,38)(H,31,33,34). The number of likely N-dealkylation sites (N-methyl/N-ethyl adjacent to an activating group) is 1. The minimum Gasteiger partial charge on any atom is -0.339 e. The number of hydrogen-bond donors (Lipinski definition) is 4. The summed E-state index contributed by atoms with van der Waals surface area (Å²) < 4.78 is 13.9. The number of aromatic amines is 1. The summed E-state index contributed by atoms with van der Waals surface area (Å²) >= 11 is 0. The van der Waals surface area contributed by atoms with Crippen molar-refractivity contribution in [3.05, 3.63) is 72.2 Å². The van der Waals surface area contributed by atoms with E-state index in [9.17, 15) is 9.18 Å². The summed E-state index contributed by atoms with van der Waals surface area (Å²) in [5.74, 6) is 1.11. The molecule has 4 atom stereocenters. The van der Waals surface area contributed by atoms with Gasteiger partial charge in [0.15, 0.2) is 5.65 Å². The average Bonchev–Trinajstić information content (AvgIpc) is 3.52. The van der Waals surface area contributed by atoms with Crippen molar-refractivity contribution < 1.29 is 9.18 Å². The lowest BCUT2D eigenvalue weighted by Crippen LogP contribution is -2.34. The topological polar surface area (TPSA) is 111 Å². The summed E-state index contributed by atoms with van der Waals surface area (Å²) in [5, 5.41) is 2.96. The normalized spacial score (nSPS) is 23.1. The molecule has 4 aromatic rings. The van der Waals surface area contributed by atoms with Crippen LogP contribution < -0.4 is 16.2 Å². The summed E-state index contributed by atoms with van der Waals surface area (Å²) in [6.07, 6.45) is 8.32. The van der Waals surface area contributed by atoms with Gasteiger partial charge in [-0.05, 0) is 80.6 Å². The predicted octanol–water partition coefficient (Wildman–Crippen LogP) is 3.76. The first-order valence-electron chi connectivity index (χ1n) is 13.0. The number of nitrogens with zero attached hydrogens (tertiary/aromatic N) is 4. The van der Waals surface area contributed by atoms with Gasteiger partial charge in [0.25, 0.3) is 0 Å². The molecule has 1 aliphatic heterocycles. The predicted molar refractivity (Wildman–Crippen MR) is 144 cm³/mol. The van der Waals surface area contributed by atoms with Crippen LogP contribution in [-0.2, 0) is 4.79 Å². The largest absolute Gasteiger partial charge is 0.339 e. The number of rotatable bonds is 6. The monoisotopic (exact) mass is 514 g/mol. The Labute approximate surface area is 220 Å². The number of hydrogen-bond acceptors (Lipinski definition) is 7. The van der Waals surface area contributed by atoms with Crippen LogP contribution in [0, 0.1) is 11.7 Å². The van der Waals surface area contributed by atoms with Gasteiger partial charge in [0.1, 0.15) is 11.6 Å². The van der Waals surface area contributed by atoms with Crippen molar-refractivity contribution in [2.75, 3.05) is 26.0 Å². The number of halogens is 1. The zero-order valence-corrected chi connectivity index (χ0v) is 21.4. The zero-order valence-electron chi connectivity index (χ0n) is 21.4. The van der Waals surface area contributed by atoms with E-state index < -0.39 is 0 Å². The van der Waals surface area contributed by atoms with Crippen LogP contribution in [0.15, 0.2) is 55.0 Å². The van der Waals surface area contributed by atoms with E-state index in [0.29, 0.717) is 30.1 Å². The van der Waals surface area contributed by atoms with Gasteiger partial charge < -0.3 is 15.2 Å². The van der Waals surface area contributed by atoms with Crippen LogP contribution in [0.25, 0.3) is 22.3 Å². The third-order valence-electron chi connectivity index (χ3n) is 7.57. The van der Waals surface area contributed by atoms with Crippen LogP contribution in [0.5, 0.6) is 0 Å². The van der Waals surface area contributed by atoms with E-state index in [1.165, 1.54) is 12.1 Å². The van der Waals surface area contributed by atoms with E-state index in [4.69, 9.17) is 4.98 Å². The van der Waals surface area contributed by atoms with Crippen LogP contribution >= 0.6 is 0 Å². The van der Waals surface area contributed by atoms with Crippen molar-refractivity contribution in [2.24, 2.45) is 5.92 Å². The number of hydrazine groups is 1. The highest BCUT2D eigenvalue weighted by atomic mass is 19.1. The van der Waals surface area contributed by atoms with Crippen molar-refractivity contribution in [3.8, 4) is 11.1 Å². The first kappa shape index (κ1) is 24.6. The molecule has 6 rings (SSSR count). The molecule has 2 fully saturated rings. The van der Waals surface area contributed by atoms with Crippen molar-refractivity contribution in [2.45, 2.75) is 37.3 Å². The number of amides is 1. The molecule has 0 radical (unpaired) electrons. The third-order valence-corrected chi connectivity index (χ3v) is 7.57. The molecule has 3 aromatic heterocycles. The number of anilines is 1. The zero-order chi connectivity index (χ0) is 26.2. The number of fused-ring (bicyclic) bond motifs is 2. The highest BCUT2D eigenvalue weighted by molar-refractivity contribution is 5.92. The van der Waals surface area contributed by atoms with Crippen LogP contribution in [0.1, 0.15) is 42.6 Å². The van der Waals surface area contributed by atoms with E-state index in [-0.39, 0.29) is 17.8 Å². The lowest BCUT2D eigenvalue weighted by molar-refractivity contribution is -0.116. The molecular weight excluding hydrogens is 483 g/mol. The van der Waals surface area contributed by atoms with Gasteiger partial charge >= 0.3 is 0 Å². The van der Waals surface area contributed by atoms with Crippen LogP contribution in [0.4, 0.5) is 10.1 Å². The second-order valence-corrected chi connectivity index (χ2v) is 10.5. The molecule has 1 saturated carbocycles. The molecule has 10 heteroatoms. The Hall–Kier alpha value is -3.73. The molecule has 38 heavy (non-hydrogen) atoms. The fourth-order valence-electron chi connectivity index (χ4n) is 5.84. The minimum atomic E-state index is -0.277. The van der Waals surface area contributed by atoms with E-state index >= 15 is 0 Å². The molecule has 0 spiro atoms. The van der Waals surface area contributed by atoms with Gasteiger partial charge in [-0.2, -0.15) is 0 Å². The summed E-state index contributed by atoms with van der Waals surface area (Å²) in [6.45, 7) is 0.323. The molecule has 196 valence electrons. The van der Waals surface area contributed by atoms with Crippen molar-refractivity contribution in [3.63, 3.8) is 0 Å². The number of pyridine rings is 2. The molecule has 1 amide bonds. The number of carbonyl (C=O) groups excluding carboxylic acids is 1. The Morgan fingerprint density at radius 3 is 2.89 bits per heavy atom. The Bertz CT molecular complexity index is 1470. The second kappa shape index (κ2) is 10.2. The number of H-pyrrole nitrogens is 1. The van der Waals surface area contributed by atoms with Crippen LogP contribution in [0.2, 0.25) is 0 Å². The second-order valence-electron chi connectivity index (χ2n) is 10.5. The van der Waals surface area contributed by atoms with Gasteiger partial charge in [-0.1, -0.05) is 12.1 Å². The first-order valence-corrected chi connectivity index (χ1v) is 13.0. The van der Waals surface area contributed by atoms with Gasteiger partial charge in [0.2, 0.25) is 5.91 Å². The number of nitrogens with one attached hydrogen (secondary N) is 4. The van der Waals surface area contributed by atoms with Crippen molar-refractivity contribution in [1.82, 2.24) is 35.7 Å². The van der Waals surface area contributed by atoms with E-state index in [1.54, 1.807) is 18.5 Å². The number of aromatic nitrogens is 4. The van der Waals surface area contributed by atoms with E-state index in [0.717, 1.165) is 53.0 Å². The van der Waals surface area contributed by atoms with E-state index in [1.807, 2.05) is 43.4 Å². The minimum absolute atomic E-state index is 0.0201. The van der Waals surface area contributed by atoms with Gasteiger partial charge in [0, 0.05) is 24.0 Å².